The van der Waals surface area contributed by atoms with Crippen molar-refractivity contribution < 1.29 is 18.7 Å². The Balaban J connectivity index is 1.75. The average Bonchev–Trinajstić information content (AvgIpc) is 3.14. The summed E-state index contributed by atoms with van der Waals surface area (Å²) in [6.07, 6.45) is 1.23. The quantitative estimate of drug-likeness (QED) is 0.731. The van der Waals surface area contributed by atoms with Crippen molar-refractivity contribution in [2.45, 2.75) is 25.0 Å². The molecule has 0 aromatic heterocycles. The molecule has 0 saturated carbocycles. The van der Waals surface area contributed by atoms with E-state index in [-0.39, 0.29) is 35.3 Å². The second-order valence-corrected chi connectivity index (χ2v) is 5.63. The fourth-order valence-corrected chi connectivity index (χ4v) is 3.70. The standard InChI is InChI=1S/C15H11FN2O3/c16-9-2-1-8(5-7(9)6-17)18-14(19)12-10-3-4-11(21-10)13(12)15(18)20/h1-2,5,10-13H,3-4H2/t10-,11+,12-,13+. The van der Waals surface area contributed by atoms with E-state index in [1.54, 1.807) is 6.07 Å². The molecule has 3 aliphatic heterocycles. The Bertz CT molecular complexity index is 683. The van der Waals surface area contributed by atoms with Crippen molar-refractivity contribution in [3.8, 4) is 6.07 Å². The molecule has 0 N–H and O–H groups in total. The lowest BCUT2D eigenvalue weighted by Gasteiger charge is -2.17. The first-order chi connectivity index (χ1) is 10.1. The zero-order valence-corrected chi connectivity index (χ0v) is 11.0. The number of anilines is 1. The smallest absolute Gasteiger partial charge is 0.240 e. The van der Waals surface area contributed by atoms with Crippen LogP contribution in [-0.2, 0) is 14.3 Å². The lowest BCUT2D eigenvalue weighted by Crippen LogP contribution is -2.34. The number of ether oxygens (including phenoxy) is 1. The Morgan fingerprint density at radius 3 is 2.38 bits per heavy atom. The van der Waals surface area contributed by atoms with Gasteiger partial charge in [0.15, 0.2) is 0 Å². The molecule has 3 saturated heterocycles. The fourth-order valence-electron chi connectivity index (χ4n) is 3.70. The van der Waals surface area contributed by atoms with Crippen molar-refractivity contribution in [2.24, 2.45) is 11.8 Å². The van der Waals surface area contributed by atoms with E-state index in [1.165, 1.54) is 12.1 Å². The number of nitriles is 1. The Morgan fingerprint density at radius 1 is 1.19 bits per heavy atom. The molecule has 2 amide bonds. The zero-order valence-electron chi connectivity index (χ0n) is 11.0. The van der Waals surface area contributed by atoms with Gasteiger partial charge in [0.25, 0.3) is 0 Å². The summed E-state index contributed by atoms with van der Waals surface area (Å²) in [5.41, 5.74) is 0.0844. The topological polar surface area (TPSA) is 70.4 Å². The number of imide groups is 1. The maximum atomic E-state index is 13.4. The number of carbonyl (C=O) groups excluding carboxylic acids is 2. The maximum Gasteiger partial charge on any atom is 0.240 e. The van der Waals surface area contributed by atoms with Gasteiger partial charge >= 0.3 is 0 Å². The minimum Gasteiger partial charge on any atom is -0.373 e. The molecule has 5 nitrogen and oxygen atoms in total. The predicted molar refractivity (Wildman–Crippen MR) is 68.5 cm³/mol. The SMILES string of the molecule is N#Cc1cc(N2C(=O)[C@@H]3[C@H](C2=O)[C@H]2CC[C@@H]3O2)ccc1F. The molecule has 0 aliphatic carbocycles. The van der Waals surface area contributed by atoms with Crippen LogP contribution in [0, 0.1) is 29.0 Å². The van der Waals surface area contributed by atoms with Gasteiger partial charge in [-0.1, -0.05) is 0 Å². The third-order valence-corrected chi connectivity index (χ3v) is 4.61. The first-order valence-electron chi connectivity index (χ1n) is 6.84. The fraction of sp³-hybridized carbons (Fsp3) is 0.400. The Morgan fingerprint density at radius 2 is 1.81 bits per heavy atom. The molecule has 4 atom stereocenters. The van der Waals surface area contributed by atoms with Crippen LogP contribution in [0.15, 0.2) is 18.2 Å². The van der Waals surface area contributed by atoms with E-state index in [0.29, 0.717) is 0 Å². The lowest BCUT2D eigenvalue weighted by atomic mass is 9.81. The van der Waals surface area contributed by atoms with Gasteiger partial charge in [-0.25, -0.2) is 9.29 Å². The summed E-state index contributed by atoms with van der Waals surface area (Å²) in [4.78, 5) is 26.1. The maximum absolute atomic E-state index is 13.4. The summed E-state index contributed by atoms with van der Waals surface area (Å²) < 4.78 is 19.0. The molecule has 2 bridgehead atoms. The number of hydrogen-bond donors (Lipinski definition) is 0. The van der Waals surface area contributed by atoms with Crippen molar-refractivity contribution in [2.75, 3.05) is 4.90 Å². The highest BCUT2D eigenvalue weighted by Crippen LogP contribution is 2.49. The number of nitrogens with zero attached hydrogens (tertiary/aromatic N) is 2. The van der Waals surface area contributed by atoms with Crippen LogP contribution in [0.5, 0.6) is 0 Å². The van der Waals surface area contributed by atoms with Crippen LogP contribution in [-0.4, -0.2) is 24.0 Å². The lowest BCUT2D eigenvalue weighted by molar-refractivity contribution is -0.124. The highest BCUT2D eigenvalue weighted by Gasteiger charge is 2.62. The summed E-state index contributed by atoms with van der Waals surface area (Å²) >= 11 is 0. The first kappa shape index (κ1) is 12.5. The molecular weight excluding hydrogens is 275 g/mol. The van der Waals surface area contributed by atoms with Crippen LogP contribution in [0.3, 0.4) is 0 Å². The molecule has 3 aliphatic rings. The first-order valence-corrected chi connectivity index (χ1v) is 6.84. The Labute approximate surface area is 119 Å². The molecule has 0 radical (unpaired) electrons. The van der Waals surface area contributed by atoms with E-state index in [2.05, 4.69) is 0 Å². The second kappa shape index (κ2) is 4.12. The van der Waals surface area contributed by atoms with Crippen LogP contribution < -0.4 is 4.90 Å². The van der Waals surface area contributed by atoms with Gasteiger partial charge in [-0.05, 0) is 31.0 Å². The van der Waals surface area contributed by atoms with Gasteiger partial charge in [0.2, 0.25) is 11.8 Å². The van der Waals surface area contributed by atoms with E-state index in [9.17, 15) is 14.0 Å². The molecule has 4 rings (SSSR count). The van der Waals surface area contributed by atoms with Crippen LogP contribution in [0.2, 0.25) is 0 Å². The third kappa shape index (κ3) is 1.52. The van der Waals surface area contributed by atoms with E-state index < -0.39 is 17.7 Å². The van der Waals surface area contributed by atoms with Crippen LogP contribution in [0.25, 0.3) is 0 Å². The van der Waals surface area contributed by atoms with Gasteiger partial charge in [0.05, 0.1) is 35.3 Å². The van der Waals surface area contributed by atoms with Gasteiger partial charge in [0.1, 0.15) is 11.9 Å². The number of hydrogen-bond acceptors (Lipinski definition) is 4. The van der Waals surface area contributed by atoms with Crippen LogP contribution in [0.1, 0.15) is 18.4 Å². The average molecular weight is 286 g/mol. The van der Waals surface area contributed by atoms with Crippen molar-refractivity contribution in [1.82, 2.24) is 0 Å². The molecule has 0 unspecified atom stereocenters. The van der Waals surface area contributed by atoms with Crippen molar-refractivity contribution in [1.29, 1.82) is 5.26 Å². The van der Waals surface area contributed by atoms with Crippen molar-refractivity contribution >= 4 is 17.5 Å². The molecule has 21 heavy (non-hydrogen) atoms. The highest BCUT2D eigenvalue weighted by molar-refractivity contribution is 6.22. The zero-order chi connectivity index (χ0) is 14.7. The summed E-state index contributed by atoms with van der Waals surface area (Å²) in [5.74, 6) is -2.11. The number of amides is 2. The Kier molecular flexibility index (Phi) is 2.45. The number of halogens is 1. The van der Waals surface area contributed by atoms with Crippen molar-refractivity contribution in [3.63, 3.8) is 0 Å². The Hall–Kier alpha value is -2.26. The van der Waals surface area contributed by atoms with E-state index in [0.717, 1.165) is 23.8 Å². The minimum absolute atomic E-state index is 0.176. The summed E-state index contributed by atoms with van der Waals surface area (Å²) in [6.45, 7) is 0. The minimum atomic E-state index is -0.663. The van der Waals surface area contributed by atoms with E-state index in [4.69, 9.17) is 10.00 Å². The molecular formula is C15H11FN2O3. The van der Waals surface area contributed by atoms with Gasteiger partial charge in [-0.2, -0.15) is 5.26 Å². The number of rotatable bonds is 1. The number of fused-ring (bicyclic) bond motifs is 5. The normalized spacial score (nSPS) is 33.4. The summed E-state index contributed by atoms with van der Waals surface area (Å²) in [5, 5.41) is 8.87. The third-order valence-electron chi connectivity index (χ3n) is 4.61. The highest BCUT2D eigenvalue weighted by atomic mass is 19.1. The van der Waals surface area contributed by atoms with Gasteiger partial charge in [-0.3, -0.25) is 9.59 Å². The number of carbonyl (C=O) groups is 2. The molecule has 106 valence electrons. The molecule has 0 spiro atoms. The van der Waals surface area contributed by atoms with Crippen molar-refractivity contribution in [3.05, 3.63) is 29.6 Å². The molecule has 3 heterocycles. The molecule has 3 fully saturated rings. The summed E-state index contributed by atoms with van der Waals surface area (Å²) in [6, 6.07) is 5.43. The van der Waals surface area contributed by atoms with E-state index >= 15 is 0 Å². The second-order valence-electron chi connectivity index (χ2n) is 5.63. The van der Waals surface area contributed by atoms with Gasteiger partial charge < -0.3 is 4.74 Å². The number of benzene rings is 1. The monoisotopic (exact) mass is 286 g/mol. The summed E-state index contributed by atoms with van der Waals surface area (Å²) in [7, 11) is 0. The van der Waals surface area contributed by atoms with E-state index in [1.807, 2.05) is 0 Å². The van der Waals surface area contributed by atoms with Gasteiger partial charge in [0, 0.05) is 0 Å². The molecule has 6 heteroatoms. The van der Waals surface area contributed by atoms with Crippen LogP contribution >= 0.6 is 0 Å². The molecule has 1 aromatic rings. The predicted octanol–water partition coefficient (Wildman–Crippen LogP) is 1.36. The van der Waals surface area contributed by atoms with Gasteiger partial charge in [-0.15, -0.1) is 0 Å². The molecule has 1 aromatic carbocycles. The van der Waals surface area contributed by atoms with Crippen LogP contribution in [0.4, 0.5) is 10.1 Å². The largest absolute Gasteiger partial charge is 0.373 e.